The van der Waals surface area contributed by atoms with Crippen molar-refractivity contribution in [3.8, 4) is 0 Å². The molecule has 0 atom stereocenters. The molecule has 1 heterocycles. The standard InChI is InChI=1S/C20H27N5O4S/c1-4-23-9-11-24(12-10-23)16-5-7-18(15(2)13-16)22-19-8-6-17(30(28,29)21-3)14-20(19)25(26)27/h5-8,13-14,21-22H,4,9-12H2,1-3H3. The van der Waals surface area contributed by atoms with Gasteiger partial charge in [-0.05, 0) is 56.4 Å². The van der Waals surface area contributed by atoms with Crippen molar-refractivity contribution in [2.24, 2.45) is 0 Å². The summed E-state index contributed by atoms with van der Waals surface area (Å²) in [6.45, 7) is 9.16. The molecule has 0 amide bonds. The van der Waals surface area contributed by atoms with E-state index in [2.05, 4.69) is 32.8 Å². The molecule has 0 saturated carbocycles. The van der Waals surface area contributed by atoms with Crippen LogP contribution in [-0.2, 0) is 10.0 Å². The Morgan fingerprint density at radius 2 is 1.73 bits per heavy atom. The molecule has 2 aromatic carbocycles. The van der Waals surface area contributed by atoms with Crippen LogP contribution >= 0.6 is 0 Å². The number of piperazine rings is 1. The van der Waals surface area contributed by atoms with E-state index in [1.807, 2.05) is 19.1 Å². The topological polar surface area (TPSA) is 108 Å². The molecule has 1 aliphatic heterocycles. The van der Waals surface area contributed by atoms with Crippen LogP contribution in [0.4, 0.5) is 22.7 Å². The molecule has 0 aliphatic carbocycles. The Morgan fingerprint density at radius 3 is 2.30 bits per heavy atom. The van der Waals surface area contributed by atoms with E-state index in [0.29, 0.717) is 0 Å². The van der Waals surface area contributed by atoms with Gasteiger partial charge in [0, 0.05) is 43.6 Å². The van der Waals surface area contributed by atoms with E-state index in [1.165, 1.54) is 19.2 Å². The molecule has 0 aromatic heterocycles. The summed E-state index contributed by atoms with van der Waals surface area (Å²) in [6, 6.07) is 9.79. The number of likely N-dealkylation sites (N-methyl/N-ethyl adjacent to an activating group) is 1. The van der Waals surface area contributed by atoms with Gasteiger partial charge in [-0.3, -0.25) is 10.1 Å². The lowest BCUT2D eigenvalue weighted by Gasteiger charge is -2.35. The largest absolute Gasteiger partial charge is 0.369 e. The number of hydrogen-bond donors (Lipinski definition) is 2. The average Bonchev–Trinajstić information content (AvgIpc) is 2.75. The van der Waals surface area contributed by atoms with E-state index in [0.717, 1.165) is 55.7 Å². The van der Waals surface area contributed by atoms with E-state index in [4.69, 9.17) is 0 Å². The first-order chi connectivity index (χ1) is 14.2. The van der Waals surface area contributed by atoms with Crippen LogP contribution in [0.2, 0.25) is 0 Å². The Labute approximate surface area is 176 Å². The Morgan fingerprint density at radius 1 is 1.07 bits per heavy atom. The summed E-state index contributed by atoms with van der Waals surface area (Å²) in [7, 11) is -2.50. The van der Waals surface area contributed by atoms with Gasteiger partial charge in [-0.1, -0.05) is 6.92 Å². The van der Waals surface area contributed by atoms with E-state index < -0.39 is 14.9 Å². The van der Waals surface area contributed by atoms with Gasteiger partial charge in [0.05, 0.1) is 9.82 Å². The zero-order chi connectivity index (χ0) is 21.9. The summed E-state index contributed by atoms with van der Waals surface area (Å²) >= 11 is 0. The Kier molecular flexibility index (Phi) is 6.59. The predicted molar refractivity (Wildman–Crippen MR) is 118 cm³/mol. The summed E-state index contributed by atoms with van der Waals surface area (Å²) < 4.78 is 26.1. The predicted octanol–water partition coefficient (Wildman–Crippen LogP) is 2.70. The molecule has 2 aromatic rings. The first kappa shape index (κ1) is 22.0. The fraction of sp³-hybridized carbons (Fsp3) is 0.400. The van der Waals surface area contributed by atoms with Gasteiger partial charge in [-0.25, -0.2) is 13.1 Å². The van der Waals surface area contributed by atoms with Gasteiger partial charge in [0.2, 0.25) is 10.0 Å². The lowest BCUT2D eigenvalue weighted by molar-refractivity contribution is -0.384. The number of benzene rings is 2. The summed E-state index contributed by atoms with van der Waals surface area (Å²) in [5, 5.41) is 14.6. The number of nitro benzene ring substituents is 1. The van der Waals surface area contributed by atoms with Crippen molar-refractivity contribution in [3.63, 3.8) is 0 Å². The molecule has 10 heteroatoms. The molecule has 0 spiro atoms. The number of nitrogens with zero attached hydrogens (tertiary/aromatic N) is 3. The van der Waals surface area contributed by atoms with E-state index >= 15 is 0 Å². The monoisotopic (exact) mass is 433 g/mol. The molecule has 0 radical (unpaired) electrons. The van der Waals surface area contributed by atoms with Crippen LogP contribution in [0.3, 0.4) is 0 Å². The van der Waals surface area contributed by atoms with Crippen LogP contribution in [-0.4, -0.2) is 58.0 Å². The Balaban J connectivity index is 1.83. The quantitative estimate of drug-likeness (QED) is 0.510. The molecule has 2 N–H and O–H groups in total. The highest BCUT2D eigenvalue weighted by Gasteiger charge is 2.21. The minimum absolute atomic E-state index is 0.152. The lowest BCUT2D eigenvalue weighted by atomic mass is 10.1. The average molecular weight is 434 g/mol. The van der Waals surface area contributed by atoms with Crippen molar-refractivity contribution < 1.29 is 13.3 Å². The number of nitrogens with one attached hydrogen (secondary N) is 2. The molecule has 162 valence electrons. The SMILES string of the molecule is CCN1CCN(c2ccc(Nc3ccc(S(=O)(=O)NC)cc3[N+](=O)[O-])c(C)c2)CC1. The first-order valence-electron chi connectivity index (χ1n) is 9.82. The second-order valence-electron chi connectivity index (χ2n) is 7.19. The number of aryl methyl sites for hydroxylation is 1. The van der Waals surface area contributed by atoms with Crippen molar-refractivity contribution >= 4 is 32.8 Å². The third-order valence-electron chi connectivity index (χ3n) is 5.41. The van der Waals surface area contributed by atoms with Crippen LogP contribution in [0.15, 0.2) is 41.3 Å². The highest BCUT2D eigenvalue weighted by atomic mass is 32.2. The molecule has 1 fully saturated rings. The highest BCUT2D eigenvalue weighted by molar-refractivity contribution is 7.89. The smallest absolute Gasteiger partial charge is 0.294 e. The number of anilines is 3. The van der Waals surface area contributed by atoms with E-state index in [-0.39, 0.29) is 16.3 Å². The zero-order valence-electron chi connectivity index (χ0n) is 17.4. The van der Waals surface area contributed by atoms with Gasteiger partial charge >= 0.3 is 0 Å². The van der Waals surface area contributed by atoms with Gasteiger partial charge < -0.3 is 15.1 Å². The lowest BCUT2D eigenvalue weighted by Crippen LogP contribution is -2.46. The Bertz CT molecular complexity index is 1030. The van der Waals surface area contributed by atoms with Crippen LogP contribution < -0.4 is 14.9 Å². The first-order valence-corrected chi connectivity index (χ1v) is 11.3. The summed E-state index contributed by atoms with van der Waals surface area (Å²) in [4.78, 5) is 15.5. The molecule has 1 aliphatic rings. The van der Waals surface area contributed by atoms with E-state index in [1.54, 1.807) is 0 Å². The summed E-state index contributed by atoms with van der Waals surface area (Å²) in [5.74, 6) is 0. The maximum absolute atomic E-state index is 12.0. The number of hydrogen-bond acceptors (Lipinski definition) is 7. The van der Waals surface area contributed by atoms with Crippen LogP contribution in [0.5, 0.6) is 0 Å². The highest BCUT2D eigenvalue weighted by Crippen LogP contribution is 2.32. The number of rotatable bonds is 7. The van der Waals surface area contributed by atoms with Crippen molar-refractivity contribution in [2.75, 3.05) is 50.0 Å². The normalized spacial score (nSPS) is 15.2. The van der Waals surface area contributed by atoms with Gasteiger partial charge in [0.25, 0.3) is 5.69 Å². The van der Waals surface area contributed by atoms with Gasteiger partial charge in [-0.2, -0.15) is 0 Å². The van der Waals surface area contributed by atoms with E-state index in [9.17, 15) is 18.5 Å². The molecule has 1 saturated heterocycles. The minimum atomic E-state index is -3.77. The molecule has 3 rings (SSSR count). The van der Waals surface area contributed by atoms with Gasteiger partial charge in [-0.15, -0.1) is 0 Å². The van der Waals surface area contributed by atoms with Crippen LogP contribution in [0.1, 0.15) is 12.5 Å². The Hall–Kier alpha value is -2.69. The van der Waals surface area contributed by atoms with Gasteiger partial charge in [0.15, 0.2) is 0 Å². The second kappa shape index (κ2) is 8.99. The van der Waals surface area contributed by atoms with Crippen molar-refractivity contribution in [2.45, 2.75) is 18.7 Å². The number of nitro groups is 1. The zero-order valence-corrected chi connectivity index (χ0v) is 18.2. The van der Waals surface area contributed by atoms with Crippen molar-refractivity contribution in [3.05, 3.63) is 52.1 Å². The van der Waals surface area contributed by atoms with Crippen molar-refractivity contribution in [1.29, 1.82) is 0 Å². The summed E-state index contributed by atoms with van der Waals surface area (Å²) in [5.41, 5.74) is 2.75. The molecular formula is C20H27N5O4S. The van der Waals surface area contributed by atoms with Crippen molar-refractivity contribution in [1.82, 2.24) is 9.62 Å². The van der Waals surface area contributed by atoms with Gasteiger partial charge in [0.1, 0.15) is 5.69 Å². The molecule has 0 bridgehead atoms. The molecule has 0 unspecified atom stereocenters. The minimum Gasteiger partial charge on any atom is -0.369 e. The number of sulfonamides is 1. The third-order valence-corrected chi connectivity index (χ3v) is 6.82. The van der Waals surface area contributed by atoms with Crippen LogP contribution in [0, 0.1) is 17.0 Å². The van der Waals surface area contributed by atoms with Crippen LogP contribution in [0.25, 0.3) is 0 Å². The third kappa shape index (κ3) is 4.72. The maximum Gasteiger partial charge on any atom is 0.294 e. The molecular weight excluding hydrogens is 406 g/mol. The molecule has 30 heavy (non-hydrogen) atoms. The fourth-order valence-electron chi connectivity index (χ4n) is 3.51. The molecule has 9 nitrogen and oxygen atoms in total. The summed E-state index contributed by atoms with van der Waals surface area (Å²) in [6.07, 6.45) is 0. The fourth-order valence-corrected chi connectivity index (χ4v) is 4.26. The second-order valence-corrected chi connectivity index (χ2v) is 9.08. The maximum atomic E-state index is 12.0.